The van der Waals surface area contributed by atoms with Crippen molar-refractivity contribution in [3.05, 3.63) is 66.0 Å². The van der Waals surface area contributed by atoms with Gasteiger partial charge in [-0.15, -0.1) is 0 Å². The van der Waals surface area contributed by atoms with Crippen LogP contribution in [-0.4, -0.2) is 55.9 Å². The van der Waals surface area contributed by atoms with Crippen LogP contribution < -0.4 is 5.32 Å². The Balaban J connectivity index is 1.58. The number of amides is 2. The second kappa shape index (κ2) is 10.0. The second-order valence-electron chi connectivity index (χ2n) is 9.00. The zero-order valence-electron chi connectivity index (χ0n) is 18.9. The third-order valence-electron chi connectivity index (χ3n) is 5.94. The van der Waals surface area contributed by atoms with Crippen molar-refractivity contribution in [2.75, 3.05) is 26.2 Å². The van der Waals surface area contributed by atoms with Gasteiger partial charge in [0.25, 0.3) is 0 Å². The summed E-state index contributed by atoms with van der Waals surface area (Å²) >= 11 is 0. The van der Waals surface area contributed by atoms with Crippen molar-refractivity contribution < 1.29 is 17.6 Å². The number of halogens is 1. The van der Waals surface area contributed by atoms with E-state index in [1.54, 1.807) is 4.90 Å². The van der Waals surface area contributed by atoms with E-state index in [1.807, 2.05) is 25.1 Å². The molecule has 3 rings (SSSR count). The van der Waals surface area contributed by atoms with Crippen molar-refractivity contribution in [1.82, 2.24) is 14.5 Å². The smallest absolute Gasteiger partial charge is 0.317 e. The molecule has 0 spiro atoms. The van der Waals surface area contributed by atoms with Crippen molar-refractivity contribution >= 4 is 16.1 Å². The number of carbonyl (C=O) groups is 1. The van der Waals surface area contributed by atoms with E-state index < -0.39 is 15.8 Å². The molecule has 2 amide bonds. The molecule has 1 fully saturated rings. The Kier molecular flexibility index (Phi) is 7.56. The van der Waals surface area contributed by atoms with Gasteiger partial charge >= 0.3 is 6.03 Å². The molecule has 174 valence electrons. The van der Waals surface area contributed by atoms with Gasteiger partial charge in [-0.2, -0.15) is 4.31 Å². The summed E-state index contributed by atoms with van der Waals surface area (Å²) in [5.74, 6) is -0.479. The highest BCUT2D eigenvalue weighted by Gasteiger charge is 2.29. The van der Waals surface area contributed by atoms with Gasteiger partial charge in [0.2, 0.25) is 10.0 Å². The van der Waals surface area contributed by atoms with Gasteiger partial charge in [0, 0.05) is 32.2 Å². The number of carbonyl (C=O) groups excluding carboxylic acids is 1. The molecule has 0 aliphatic carbocycles. The first-order chi connectivity index (χ1) is 15.1. The molecular weight excluding hydrogens is 429 g/mol. The largest absolute Gasteiger partial charge is 0.336 e. The van der Waals surface area contributed by atoms with E-state index in [0.717, 1.165) is 18.6 Å². The molecule has 0 saturated carbocycles. The zero-order valence-corrected chi connectivity index (χ0v) is 19.7. The van der Waals surface area contributed by atoms with Crippen LogP contribution >= 0.6 is 0 Å². The molecule has 2 aromatic carbocycles. The Morgan fingerprint density at radius 1 is 1.03 bits per heavy atom. The molecule has 0 radical (unpaired) electrons. The molecule has 2 aromatic rings. The molecular formula is C24H32FN3O3S. The summed E-state index contributed by atoms with van der Waals surface area (Å²) in [5, 5.41) is 3.07. The topological polar surface area (TPSA) is 69.7 Å². The van der Waals surface area contributed by atoms with Gasteiger partial charge in [0.05, 0.1) is 4.90 Å². The predicted molar refractivity (Wildman–Crippen MR) is 123 cm³/mol. The summed E-state index contributed by atoms with van der Waals surface area (Å²) in [6.45, 7) is 7.63. The molecule has 1 aliphatic rings. The van der Waals surface area contributed by atoms with E-state index in [-0.39, 0.29) is 28.9 Å². The Hall–Kier alpha value is -2.45. The van der Waals surface area contributed by atoms with Crippen LogP contribution in [-0.2, 0) is 15.4 Å². The number of nitrogens with zero attached hydrogens (tertiary/aromatic N) is 2. The molecule has 1 unspecified atom stereocenters. The lowest BCUT2D eigenvalue weighted by Gasteiger charge is -2.30. The average Bonchev–Trinajstić information content (AvgIpc) is 3.01. The first-order valence-electron chi connectivity index (χ1n) is 11.0. The van der Waals surface area contributed by atoms with Gasteiger partial charge in [-0.25, -0.2) is 17.6 Å². The molecule has 8 heteroatoms. The SMILES string of the molecule is CC(CC(C)(C)c1ccccc1)NC(=O)N1CCCN(S(=O)(=O)c2ccc(F)cc2)CC1. The number of benzene rings is 2. The summed E-state index contributed by atoms with van der Waals surface area (Å²) in [7, 11) is -3.72. The molecule has 32 heavy (non-hydrogen) atoms. The van der Waals surface area contributed by atoms with Crippen LogP contribution in [0.2, 0.25) is 0 Å². The van der Waals surface area contributed by atoms with Crippen LogP contribution in [0.3, 0.4) is 0 Å². The molecule has 1 heterocycles. The fourth-order valence-corrected chi connectivity index (χ4v) is 5.69. The first kappa shape index (κ1) is 24.2. The van der Waals surface area contributed by atoms with Crippen LogP contribution in [0.15, 0.2) is 59.5 Å². The average molecular weight is 462 g/mol. The summed E-state index contributed by atoms with van der Waals surface area (Å²) in [4.78, 5) is 14.6. The summed E-state index contributed by atoms with van der Waals surface area (Å²) in [5.41, 5.74) is 1.13. The van der Waals surface area contributed by atoms with Crippen molar-refractivity contribution in [3.8, 4) is 0 Å². The number of urea groups is 1. The lowest BCUT2D eigenvalue weighted by atomic mass is 9.79. The third-order valence-corrected chi connectivity index (χ3v) is 7.85. The van der Waals surface area contributed by atoms with Crippen LogP contribution in [0.1, 0.15) is 39.2 Å². The first-order valence-corrected chi connectivity index (χ1v) is 12.4. The van der Waals surface area contributed by atoms with Crippen molar-refractivity contribution in [2.24, 2.45) is 0 Å². The van der Waals surface area contributed by atoms with Gasteiger partial charge in [0.15, 0.2) is 0 Å². The summed E-state index contributed by atoms with van der Waals surface area (Å²) in [6.07, 6.45) is 1.32. The summed E-state index contributed by atoms with van der Waals surface area (Å²) in [6, 6.07) is 14.8. The minimum atomic E-state index is -3.72. The van der Waals surface area contributed by atoms with E-state index in [9.17, 15) is 17.6 Å². The highest BCUT2D eigenvalue weighted by Crippen LogP contribution is 2.28. The number of sulfonamides is 1. The monoisotopic (exact) mass is 461 g/mol. The van der Waals surface area contributed by atoms with E-state index in [2.05, 4.69) is 31.3 Å². The zero-order chi connectivity index (χ0) is 23.4. The minimum Gasteiger partial charge on any atom is -0.336 e. The molecule has 6 nitrogen and oxygen atoms in total. The van der Waals surface area contributed by atoms with E-state index in [4.69, 9.17) is 0 Å². The molecule has 1 saturated heterocycles. The Morgan fingerprint density at radius 3 is 2.34 bits per heavy atom. The Morgan fingerprint density at radius 2 is 1.69 bits per heavy atom. The molecule has 0 bridgehead atoms. The summed E-state index contributed by atoms with van der Waals surface area (Å²) < 4.78 is 40.3. The van der Waals surface area contributed by atoms with E-state index in [0.29, 0.717) is 26.1 Å². The second-order valence-corrected chi connectivity index (χ2v) is 10.9. The van der Waals surface area contributed by atoms with E-state index in [1.165, 1.54) is 22.0 Å². The maximum atomic E-state index is 13.2. The van der Waals surface area contributed by atoms with Gasteiger partial charge in [-0.1, -0.05) is 44.2 Å². The number of hydrogen-bond donors (Lipinski definition) is 1. The van der Waals surface area contributed by atoms with Crippen molar-refractivity contribution in [3.63, 3.8) is 0 Å². The maximum absolute atomic E-state index is 13.2. The molecule has 1 atom stereocenters. The van der Waals surface area contributed by atoms with Gasteiger partial charge in [-0.05, 0) is 55.0 Å². The third kappa shape index (κ3) is 5.86. The van der Waals surface area contributed by atoms with Crippen LogP contribution in [0, 0.1) is 5.82 Å². The highest BCUT2D eigenvalue weighted by atomic mass is 32.2. The van der Waals surface area contributed by atoms with Crippen molar-refractivity contribution in [2.45, 2.75) is 50.0 Å². The van der Waals surface area contributed by atoms with Gasteiger partial charge in [0.1, 0.15) is 5.82 Å². The lowest BCUT2D eigenvalue weighted by Crippen LogP contribution is -2.46. The van der Waals surface area contributed by atoms with Crippen LogP contribution in [0.5, 0.6) is 0 Å². The predicted octanol–water partition coefficient (Wildman–Crippen LogP) is 3.99. The minimum absolute atomic E-state index is 0.0417. The van der Waals surface area contributed by atoms with Crippen LogP contribution in [0.4, 0.5) is 9.18 Å². The van der Waals surface area contributed by atoms with Gasteiger partial charge < -0.3 is 10.2 Å². The fraction of sp³-hybridized carbons (Fsp3) is 0.458. The molecule has 1 aliphatic heterocycles. The Bertz CT molecular complexity index is 1010. The number of rotatable bonds is 6. The Labute approximate surface area is 190 Å². The quantitative estimate of drug-likeness (QED) is 0.707. The normalized spacial score (nSPS) is 16.9. The standard InChI is InChI=1S/C24H32FN3O3S/c1-19(18-24(2,3)20-8-5-4-6-9-20)26-23(29)27-14-7-15-28(17-16-27)32(30,31)22-12-10-21(25)11-13-22/h4-6,8-13,19H,7,14-18H2,1-3H3,(H,26,29). The van der Waals surface area contributed by atoms with E-state index >= 15 is 0 Å². The maximum Gasteiger partial charge on any atom is 0.317 e. The van der Waals surface area contributed by atoms with Crippen molar-refractivity contribution in [1.29, 1.82) is 0 Å². The highest BCUT2D eigenvalue weighted by molar-refractivity contribution is 7.89. The van der Waals surface area contributed by atoms with Crippen LogP contribution in [0.25, 0.3) is 0 Å². The fourth-order valence-electron chi connectivity index (χ4n) is 4.22. The number of nitrogens with one attached hydrogen (secondary N) is 1. The molecule has 1 N–H and O–H groups in total. The lowest BCUT2D eigenvalue weighted by molar-refractivity contribution is 0.194. The molecule has 0 aromatic heterocycles. The number of hydrogen-bond acceptors (Lipinski definition) is 3. The van der Waals surface area contributed by atoms with Gasteiger partial charge in [-0.3, -0.25) is 0 Å².